The lowest BCUT2D eigenvalue weighted by Crippen LogP contribution is -1.98. The van der Waals surface area contributed by atoms with Gasteiger partial charge in [-0.1, -0.05) is 0 Å². The molecule has 19 heavy (non-hydrogen) atoms. The normalized spacial score (nSPS) is 10.4. The first kappa shape index (κ1) is 14.8. The molecule has 0 aliphatic carbocycles. The molecule has 0 fully saturated rings. The zero-order chi connectivity index (χ0) is 14.4. The Morgan fingerprint density at radius 3 is 2.74 bits per heavy atom. The molecule has 1 aromatic rings. The van der Waals surface area contributed by atoms with E-state index in [1.807, 2.05) is 0 Å². The minimum Gasteiger partial charge on any atom is -0.465 e. The van der Waals surface area contributed by atoms with Crippen molar-refractivity contribution in [2.75, 3.05) is 13.7 Å². The molecule has 0 aromatic carbocycles. The highest BCUT2D eigenvalue weighted by Crippen LogP contribution is 2.30. The van der Waals surface area contributed by atoms with E-state index in [0.717, 1.165) is 23.5 Å². The largest absolute Gasteiger partial charge is 0.465 e. The molecule has 0 unspecified atom stereocenters. The Bertz CT molecular complexity index is 533. The summed E-state index contributed by atoms with van der Waals surface area (Å²) in [5.41, 5.74) is -0.258. The van der Waals surface area contributed by atoms with E-state index >= 15 is 0 Å². The van der Waals surface area contributed by atoms with Crippen LogP contribution in [0.4, 0.5) is 5.69 Å². The molecule has 0 saturated carbocycles. The van der Waals surface area contributed by atoms with Crippen molar-refractivity contribution in [1.82, 2.24) is 0 Å². The van der Waals surface area contributed by atoms with E-state index in [1.165, 1.54) is 13.2 Å². The highest BCUT2D eigenvalue weighted by Gasteiger charge is 2.21. The molecule has 0 saturated heterocycles. The van der Waals surface area contributed by atoms with Crippen molar-refractivity contribution in [3.63, 3.8) is 0 Å². The summed E-state index contributed by atoms with van der Waals surface area (Å²) in [5, 5.41) is 10.8. The SMILES string of the molecule is CCOC(=O)/C=C/c1sc(C(=O)OC)cc1[N+](=O)[O-]. The summed E-state index contributed by atoms with van der Waals surface area (Å²) in [4.78, 5) is 32.9. The molecule has 1 aromatic heterocycles. The van der Waals surface area contributed by atoms with E-state index in [-0.39, 0.29) is 22.0 Å². The fourth-order valence-electron chi connectivity index (χ4n) is 1.19. The van der Waals surface area contributed by atoms with E-state index in [0.29, 0.717) is 0 Å². The van der Waals surface area contributed by atoms with Gasteiger partial charge in [0.05, 0.1) is 18.6 Å². The molecule has 8 heteroatoms. The highest BCUT2D eigenvalue weighted by atomic mass is 32.1. The zero-order valence-corrected chi connectivity index (χ0v) is 11.1. The van der Waals surface area contributed by atoms with Crippen LogP contribution in [-0.4, -0.2) is 30.6 Å². The Balaban J connectivity index is 3.05. The number of thiophene rings is 1. The zero-order valence-electron chi connectivity index (χ0n) is 10.2. The Hall–Kier alpha value is -2.22. The number of nitrogens with zero attached hydrogens (tertiary/aromatic N) is 1. The maximum absolute atomic E-state index is 11.3. The molecule has 0 spiro atoms. The average molecular weight is 285 g/mol. The first-order valence-corrected chi connectivity index (χ1v) is 6.02. The van der Waals surface area contributed by atoms with Crippen LogP contribution in [0, 0.1) is 10.1 Å². The van der Waals surface area contributed by atoms with E-state index < -0.39 is 16.9 Å². The summed E-state index contributed by atoms with van der Waals surface area (Å²) in [6.07, 6.45) is 2.32. The molecule has 102 valence electrons. The van der Waals surface area contributed by atoms with Gasteiger partial charge in [0, 0.05) is 12.1 Å². The van der Waals surface area contributed by atoms with Crippen molar-refractivity contribution in [3.05, 3.63) is 32.0 Å². The van der Waals surface area contributed by atoms with Crippen molar-refractivity contribution >= 4 is 35.0 Å². The Morgan fingerprint density at radius 1 is 1.53 bits per heavy atom. The van der Waals surface area contributed by atoms with Crippen LogP contribution in [0.1, 0.15) is 21.5 Å². The monoisotopic (exact) mass is 285 g/mol. The van der Waals surface area contributed by atoms with Gasteiger partial charge in [-0.05, 0) is 13.0 Å². The molecule has 0 radical (unpaired) electrons. The van der Waals surface area contributed by atoms with Gasteiger partial charge in [0.25, 0.3) is 5.69 Å². The fourth-order valence-corrected chi connectivity index (χ4v) is 2.14. The first-order valence-electron chi connectivity index (χ1n) is 5.21. The second-order valence-corrected chi connectivity index (χ2v) is 4.28. The average Bonchev–Trinajstić information content (AvgIpc) is 2.80. The summed E-state index contributed by atoms with van der Waals surface area (Å²) in [6.45, 7) is 1.86. The Labute approximate surface area is 112 Å². The number of methoxy groups -OCH3 is 1. The minimum atomic E-state index is -0.663. The molecule has 1 rings (SSSR count). The number of hydrogen-bond acceptors (Lipinski definition) is 7. The second kappa shape index (κ2) is 6.64. The molecular formula is C11H11NO6S. The van der Waals surface area contributed by atoms with E-state index in [2.05, 4.69) is 9.47 Å². The summed E-state index contributed by atoms with van der Waals surface area (Å²) in [7, 11) is 1.18. The molecule has 0 aliphatic heterocycles. The molecule has 7 nitrogen and oxygen atoms in total. The topological polar surface area (TPSA) is 95.7 Å². The van der Waals surface area contributed by atoms with Crippen molar-refractivity contribution in [2.45, 2.75) is 6.92 Å². The minimum absolute atomic E-state index is 0.0951. The lowest BCUT2D eigenvalue weighted by atomic mass is 10.3. The summed E-state index contributed by atoms with van der Waals surface area (Å²) in [6, 6.07) is 1.11. The number of carbonyl (C=O) groups is 2. The summed E-state index contributed by atoms with van der Waals surface area (Å²) in [5.74, 6) is -1.27. The molecular weight excluding hydrogens is 274 g/mol. The number of rotatable bonds is 5. The third-order valence-electron chi connectivity index (χ3n) is 1.98. The second-order valence-electron chi connectivity index (χ2n) is 3.19. The quantitative estimate of drug-likeness (QED) is 0.355. The number of ether oxygens (including phenoxy) is 2. The predicted octanol–water partition coefficient (Wildman–Crippen LogP) is 2.02. The van der Waals surface area contributed by atoms with Crippen molar-refractivity contribution in [2.24, 2.45) is 0 Å². The van der Waals surface area contributed by atoms with E-state index in [4.69, 9.17) is 0 Å². The van der Waals surface area contributed by atoms with Gasteiger partial charge in [0.15, 0.2) is 0 Å². The lowest BCUT2D eigenvalue weighted by Gasteiger charge is -1.93. The van der Waals surface area contributed by atoms with E-state index in [9.17, 15) is 19.7 Å². The van der Waals surface area contributed by atoms with Gasteiger partial charge in [-0.3, -0.25) is 10.1 Å². The third kappa shape index (κ3) is 3.88. The summed E-state index contributed by atoms with van der Waals surface area (Å²) < 4.78 is 9.14. The van der Waals surface area contributed by atoms with Crippen LogP contribution >= 0.6 is 11.3 Å². The van der Waals surface area contributed by atoms with Gasteiger partial charge < -0.3 is 9.47 Å². The maximum Gasteiger partial charge on any atom is 0.348 e. The van der Waals surface area contributed by atoms with Gasteiger partial charge in [0.2, 0.25) is 0 Å². The number of carbonyl (C=O) groups excluding carboxylic acids is 2. The summed E-state index contributed by atoms with van der Waals surface area (Å²) >= 11 is 0.870. The van der Waals surface area contributed by atoms with E-state index in [1.54, 1.807) is 6.92 Å². The van der Waals surface area contributed by atoms with Crippen molar-refractivity contribution in [1.29, 1.82) is 0 Å². The van der Waals surface area contributed by atoms with Crippen LogP contribution in [0.25, 0.3) is 6.08 Å². The lowest BCUT2D eigenvalue weighted by molar-refractivity contribution is -0.384. The molecule has 0 N–H and O–H groups in total. The van der Waals surface area contributed by atoms with Gasteiger partial charge in [-0.2, -0.15) is 0 Å². The van der Waals surface area contributed by atoms with Crippen LogP contribution in [0.5, 0.6) is 0 Å². The van der Waals surface area contributed by atoms with Crippen LogP contribution < -0.4 is 0 Å². The van der Waals surface area contributed by atoms with Crippen LogP contribution in [0.2, 0.25) is 0 Å². The van der Waals surface area contributed by atoms with Crippen molar-refractivity contribution in [3.8, 4) is 0 Å². The fraction of sp³-hybridized carbons (Fsp3) is 0.273. The van der Waals surface area contributed by atoms with Crippen LogP contribution in [0.3, 0.4) is 0 Å². The van der Waals surface area contributed by atoms with Gasteiger partial charge in [-0.15, -0.1) is 11.3 Å². The van der Waals surface area contributed by atoms with Crippen LogP contribution in [-0.2, 0) is 14.3 Å². The molecule has 0 bridgehead atoms. The van der Waals surface area contributed by atoms with Crippen LogP contribution in [0.15, 0.2) is 12.1 Å². The molecule has 0 atom stereocenters. The number of nitro groups is 1. The molecule has 1 heterocycles. The third-order valence-corrected chi connectivity index (χ3v) is 3.05. The van der Waals surface area contributed by atoms with Gasteiger partial charge in [0.1, 0.15) is 9.75 Å². The van der Waals surface area contributed by atoms with Crippen molar-refractivity contribution < 1.29 is 24.0 Å². The molecule has 0 aliphatic rings. The number of hydrogen-bond donors (Lipinski definition) is 0. The smallest absolute Gasteiger partial charge is 0.348 e. The molecule has 0 amide bonds. The van der Waals surface area contributed by atoms with Gasteiger partial charge >= 0.3 is 11.9 Å². The first-order chi connectivity index (χ1) is 8.99. The maximum atomic E-state index is 11.3. The standard InChI is InChI=1S/C11H11NO6S/c1-3-18-10(13)5-4-8-7(12(15)16)6-9(19-8)11(14)17-2/h4-6H,3H2,1-2H3/b5-4+. The predicted molar refractivity (Wildman–Crippen MR) is 68.0 cm³/mol. The van der Waals surface area contributed by atoms with Gasteiger partial charge in [-0.25, -0.2) is 9.59 Å². The number of esters is 2. The Kier molecular flexibility index (Phi) is 5.19. The Morgan fingerprint density at radius 2 is 2.21 bits per heavy atom. The highest BCUT2D eigenvalue weighted by molar-refractivity contribution is 7.15.